The molecule has 2 aromatic rings. The smallest absolute Gasteiger partial charge is 0.267 e. The summed E-state index contributed by atoms with van der Waals surface area (Å²) in [7, 11) is -4.52. The average Bonchev–Trinajstić information content (AvgIpc) is 3.20. The lowest BCUT2D eigenvalue weighted by atomic mass is 9.83. The fraction of sp³-hybridized carbons (Fsp3) is 0.522. The van der Waals surface area contributed by atoms with Crippen LogP contribution in [0.4, 0.5) is 20.3 Å². The molecular formula is C23H26Cl2F2N4O3S. The van der Waals surface area contributed by atoms with Crippen molar-refractivity contribution >= 4 is 44.7 Å². The predicted octanol–water partition coefficient (Wildman–Crippen LogP) is 4.55. The summed E-state index contributed by atoms with van der Waals surface area (Å²) in [6.45, 7) is 6.03. The zero-order valence-corrected chi connectivity index (χ0v) is 21.4. The Balaban J connectivity index is 1.37. The maximum Gasteiger partial charge on any atom is 0.267 e. The number of sulfonamides is 1. The third kappa shape index (κ3) is 4.59. The van der Waals surface area contributed by atoms with Crippen LogP contribution >= 0.6 is 23.2 Å². The van der Waals surface area contributed by atoms with E-state index in [1.54, 1.807) is 0 Å². The van der Waals surface area contributed by atoms with Gasteiger partial charge in [0.25, 0.3) is 10.0 Å². The van der Waals surface area contributed by atoms with Crippen molar-refractivity contribution in [3.63, 3.8) is 0 Å². The van der Waals surface area contributed by atoms with E-state index in [1.807, 2.05) is 9.62 Å². The molecule has 7 nitrogen and oxygen atoms in total. The van der Waals surface area contributed by atoms with Crippen LogP contribution in [0.15, 0.2) is 29.2 Å². The van der Waals surface area contributed by atoms with Crippen LogP contribution in [0.5, 0.6) is 0 Å². The summed E-state index contributed by atoms with van der Waals surface area (Å²) in [6.07, 6.45) is 3.34. The van der Waals surface area contributed by atoms with Gasteiger partial charge in [0.05, 0.1) is 28.8 Å². The van der Waals surface area contributed by atoms with Crippen molar-refractivity contribution in [1.82, 2.24) is 9.88 Å². The highest BCUT2D eigenvalue weighted by atomic mass is 35.5. The molecule has 0 amide bonds. The molecule has 0 unspecified atom stereocenters. The normalized spacial score (nSPS) is 24.5. The van der Waals surface area contributed by atoms with Gasteiger partial charge in [-0.25, -0.2) is 17.8 Å². The van der Waals surface area contributed by atoms with E-state index in [0.717, 1.165) is 31.6 Å². The highest BCUT2D eigenvalue weighted by Crippen LogP contribution is 2.46. The number of likely N-dealkylation sites (tertiary alicyclic amines) is 1. The van der Waals surface area contributed by atoms with Crippen LogP contribution in [0, 0.1) is 17.7 Å². The highest BCUT2D eigenvalue weighted by molar-refractivity contribution is 7.92. The zero-order valence-electron chi connectivity index (χ0n) is 19.1. The Morgan fingerprint density at radius 1 is 1.20 bits per heavy atom. The zero-order chi connectivity index (χ0) is 25.0. The molecule has 3 aliphatic rings. The first-order chi connectivity index (χ1) is 16.6. The molecule has 0 bridgehead atoms. The van der Waals surface area contributed by atoms with Gasteiger partial charge in [-0.1, -0.05) is 36.2 Å². The van der Waals surface area contributed by atoms with Crippen molar-refractivity contribution < 1.29 is 21.9 Å². The number of pyridine rings is 1. The molecule has 1 N–H and O–H groups in total. The monoisotopic (exact) mass is 546 g/mol. The summed E-state index contributed by atoms with van der Waals surface area (Å²) in [5.74, 6) is -1.61. The van der Waals surface area contributed by atoms with Crippen molar-refractivity contribution in [2.45, 2.75) is 42.7 Å². The minimum Gasteiger partial charge on any atom is -0.370 e. The Morgan fingerprint density at radius 2 is 1.97 bits per heavy atom. The molecule has 1 aromatic carbocycles. The van der Waals surface area contributed by atoms with Crippen molar-refractivity contribution in [1.29, 1.82) is 0 Å². The number of aromatic nitrogens is 1. The number of piperidine rings is 1. The summed E-state index contributed by atoms with van der Waals surface area (Å²) < 4.78 is 62.4. The van der Waals surface area contributed by atoms with Crippen molar-refractivity contribution in [2.75, 3.05) is 42.4 Å². The van der Waals surface area contributed by atoms with Gasteiger partial charge in [-0.15, -0.1) is 0 Å². The second-order valence-corrected chi connectivity index (χ2v) is 12.0. The molecule has 3 fully saturated rings. The molecular weight excluding hydrogens is 521 g/mol. The van der Waals surface area contributed by atoms with E-state index < -0.39 is 31.7 Å². The number of rotatable bonds is 5. The summed E-state index contributed by atoms with van der Waals surface area (Å²) in [5.41, 5.74) is -0.0533. The van der Waals surface area contributed by atoms with E-state index >= 15 is 4.39 Å². The molecule has 2 atom stereocenters. The predicted molar refractivity (Wildman–Crippen MR) is 131 cm³/mol. The Bertz CT molecular complexity index is 1240. The summed E-state index contributed by atoms with van der Waals surface area (Å²) in [6, 6.07) is 4.92. The number of nitrogens with one attached hydrogen (secondary N) is 1. The number of benzene rings is 1. The van der Waals surface area contributed by atoms with E-state index in [4.69, 9.17) is 27.9 Å². The van der Waals surface area contributed by atoms with Crippen LogP contribution in [0.25, 0.3) is 0 Å². The number of hydrogen-bond acceptors (Lipinski definition) is 6. The van der Waals surface area contributed by atoms with Gasteiger partial charge in [0.15, 0.2) is 0 Å². The number of hydrogen-bond donors (Lipinski definition) is 1. The van der Waals surface area contributed by atoms with Crippen molar-refractivity contribution in [3.8, 4) is 0 Å². The van der Waals surface area contributed by atoms with Gasteiger partial charge in [-0.2, -0.15) is 4.39 Å². The lowest BCUT2D eigenvalue weighted by Crippen LogP contribution is -2.70. The molecule has 1 spiro atoms. The van der Waals surface area contributed by atoms with E-state index in [2.05, 4.69) is 16.8 Å². The van der Waals surface area contributed by atoms with E-state index in [0.29, 0.717) is 31.3 Å². The molecule has 0 radical (unpaired) electrons. The first-order valence-corrected chi connectivity index (χ1v) is 13.8. The minimum atomic E-state index is -4.52. The summed E-state index contributed by atoms with van der Waals surface area (Å²) >= 11 is 12.7. The van der Waals surface area contributed by atoms with E-state index in [-0.39, 0.29) is 22.5 Å². The summed E-state index contributed by atoms with van der Waals surface area (Å²) in [5, 5.41) is -0.517. The molecule has 3 saturated heterocycles. The van der Waals surface area contributed by atoms with Crippen LogP contribution in [0.3, 0.4) is 0 Å². The van der Waals surface area contributed by atoms with Gasteiger partial charge >= 0.3 is 0 Å². The topological polar surface area (TPSA) is 74.8 Å². The standard InChI is InChI=1S/C23H26Cl2F2N4O3S/c1-14-4-3-8-30(11-14)17-7-9-34-23(17)12-31(13-23)16-10-15(26)22(21(25)20(16)24)35(32,33)29-19-6-2-5-18(27)28-19/h2,5-6,10,14,17H,3-4,7-9,11-13H2,1H3,(H,28,29)/t14-,17-/m1/s1. The largest absolute Gasteiger partial charge is 0.370 e. The third-order valence-electron chi connectivity index (χ3n) is 7.10. The van der Waals surface area contributed by atoms with Gasteiger partial charge in [0.1, 0.15) is 22.1 Å². The van der Waals surface area contributed by atoms with E-state index in [9.17, 15) is 12.8 Å². The van der Waals surface area contributed by atoms with E-state index in [1.165, 1.54) is 25.0 Å². The molecule has 1 aromatic heterocycles. The second kappa shape index (κ2) is 9.30. The third-order valence-corrected chi connectivity index (χ3v) is 9.48. The molecule has 3 aliphatic heterocycles. The van der Waals surface area contributed by atoms with Crippen molar-refractivity contribution in [3.05, 3.63) is 46.1 Å². The van der Waals surface area contributed by atoms with Crippen LogP contribution < -0.4 is 9.62 Å². The maximum atomic E-state index is 15.1. The van der Waals surface area contributed by atoms with Gasteiger partial charge in [0.2, 0.25) is 5.95 Å². The molecule has 190 valence electrons. The number of ether oxygens (including phenoxy) is 1. The van der Waals surface area contributed by atoms with Crippen LogP contribution in [-0.2, 0) is 14.8 Å². The Morgan fingerprint density at radius 3 is 2.69 bits per heavy atom. The molecule has 5 rings (SSSR count). The van der Waals surface area contributed by atoms with Gasteiger partial charge in [0, 0.05) is 25.3 Å². The minimum absolute atomic E-state index is 0.0726. The van der Waals surface area contributed by atoms with Gasteiger partial charge < -0.3 is 9.64 Å². The van der Waals surface area contributed by atoms with Crippen LogP contribution in [0.2, 0.25) is 10.0 Å². The number of nitrogens with zero attached hydrogens (tertiary/aromatic N) is 3. The number of halogens is 4. The maximum absolute atomic E-state index is 15.1. The van der Waals surface area contributed by atoms with Gasteiger partial charge in [-0.05, 0) is 43.9 Å². The second-order valence-electron chi connectivity index (χ2n) is 9.60. The number of anilines is 2. The SMILES string of the molecule is C[C@@H]1CCCN([C@@H]2CCOC23CN(c2cc(F)c(S(=O)(=O)Nc4cccc(F)n4)c(Cl)c2Cl)C3)C1. The van der Waals surface area contributed by atoms with Crippen molar-refractivity contribution in [2.24, 2.45) is 5.92 Å². The average molecular weight is 547 g/mol. The summed E-state index contributed by atoms with van der Waals surface area (Å²) in [4.78, 5) is 7.00. The van der Waals surface area contributed by atoms with Crippen LogP contribution in [-0.4, -0.2) is 62.7 Å². The fourth-order valence-corrected chi connectivity index (χ4v) is 7.49. The first kappa shape index (κ1) is 25.0. The molecule has 0 aliphatic carbocycles. The molecule has 0 saturated carbocycles. The Hall–Kier alpha value is -1.72. The molecule has 35 heavy (non-hydrogen) atoms. The quantitative estimate of drug-likeness (QED) is 0.438. The fourth-order valence-electron chi connectivity index (χ4n) is 5.53. The van der Waals surface area contributed by atoms with Crippen LogP contribution in [0.1, 0.15) is 26.2 Å². The lowest BCUT2D eigenvalue weighted by molar-refractivity contribution is -0.0656. The molecule has 4 heterocycles. The Labute approximate surface area is 213 Å². The lowest BCUT2D eigenvalue weighted by Gasteiger charge is -2.54. The first-order valence-electron chi connectivity index (χ1n) is 11.6. The molecule has 12 heteroatoms. The van der Waals surface area contributed by atoms with Gasteiger partial charge in [-0.3, -0.25) is 9.62 Å². The highest BCUT2D eigenvalue weighted by Gasteiger charge is 2.55. The Kier molecular flexibility index (Phi) is 6.63.